The molecular formula is C16H22N2O. The zero-order valence-electron chi connectivity index (χ0n) is 12.2. The molecule has 0 aliphatic carbocycles. The molecule has 1 aromatic carbocycles. The molecule has 2 rings (SSSR count). The molecule has 102 valence electrons. The highest BCUT2D eigenvalue weighted by Crippen LogP contribution is 2.37. The van der Waals surface area contributed by atoms with E-state index in [1.807, 2.05) is 24.3 Å². The van der Waals surface area contributed by atoms with Crippen molar-refractivity contribution in [1.82, 2.24) is 5.32 Å². The Hall–Kier alpha value is -1.37. The highest BCUT2D eigenvalue weighted by Gasteiger charge is 2.45. The lowest BCUT2D eigenvalue weighted by atomic mass is 9.94. The summed E-state index contributed by atoms with van der Waals surface area (Å²) in [6.45, 7) is 9.35. The van der Waals surface area contributed by atoms with Crippen LogP contribution >= 0.6 is 0 Å². The molecule has 0 spiro atoms. The molecule has 0 bridgehead atoms. The minimum atomic E-state index is -0.143. The first-order chi connectivity index (χ1) is 8.82. The molecule has 19 heavy (non-hydrogen) atoms. The van der Waals surface area contributed by atoms with Crippen LogP contribution in [0.15, 0.2) is 24.3 Å². The summed E-state index contributed by atoms with van der Waals surface area (Å²) in [5, 5.41) is 12.3. The van der Waals surface area contributed by atoms with Gasteiger partial charge >= 0.3 is 0 Å². The Kier molecular flexibility index (Phi) is 3.66. The Labute approximate surface area is 115 Å². The average Bonchev–Trinajstić information content (AvgIpc) is 2.55. The number of benzene rings is 1. The summed E-state index contributed by atoms with van der Waals surface area (Å²) in [6, 6.07) is 10.2. The van der Waals surface area contributed by atoms with Gasteiger partial charge in [-0.3, -0.25) is 0 Å². The predicted molar refractivity (Wildman–Crippen MR) is 75.6 cm³/mol. The molecule has 0 saturated carbocycles. The molecule has 1 fully saturated rings. The first kappa shape index (κ1) is 14.0. The Balaban J connectivity index is 1.97. The molecule has 1 aromatic rings. The van der Waals surface area contributed by atoms with Crippen molar-refractivity contribution < 1.29 is 4.74 Å². The van der Waals surface area contributed by atoms with Crippen LogP contribution in [-0.4, -0.2) is 17.2 Å². The maximum Gasteiger partial charge on any atom is 0.0991 e. The predicted octanol–water partition coefficient (Wildman–Crippen LogP) is 2.99. The lowest BCUT2D eigenvalue weighted by molar-refractivity contribution is -0.0699. The van der Waals surface area contributed by atoms with E-state index < -0.39 is 0 Å². The van der Waals surface area contributed by atoms with E-state index in [1.165, 1.54) is 5.56 Å². The molecule has 1 atom stereocenters. The Bertz CT molecular complexity index is 482. The Morgan fingerprint density at radius 2 is 1.89 bits per heavy atom. The standard InChI is InChI=1S/C16H22N2O/c1-15(2)9-14(16(3,4)19-15)18-11-13-7-5-12(10-17)6-8-13/h5-8,14,18H,9,11H2,1-4H3. The highest BCUT2D eigenvalue weighted by molar-refractivity contribution is 5.31. The molecule has 0 aromatic heterocycles. The fourth-order valence-electron chi connectivity index (χ4n) is 2.82. The minimum Gasteiger partial charge on any atom is -0.368 e. The summed E-state index contributed by atoms with van der Waals surface area (Å²) in [6.07, 6.45) is 1.01. The normalized spacial score (nSPS) is 24.1. The molecule has 1 aliphatic rings. The number of nitriles is 1. The fourth-order valence-corrected chi connectivity index (χ4v) is 2.82. The van der Waals surface area contributed by atoms with Crippen LogP contribution in [0.25, 0.3) is 0 Å². The number of nitrogens with one attached hydrogen (secondary N) is 1. The molecule has 1 N–H and O–H groups in total. The van der Waals surface area contributed by atoms with E-state index >= 15 is 0 Å². The average molecular weight is 258 g/mol. The first-order valence-electron chi connectivity index (χ1n) is 6.75. The largest absolute Gasteiger partial charge is 0.368 e. The van der Waals surface area contributed by atoms with E-state index in [0.29, 0.717) is 11.6 Å². The lowest BCUT2D eigenvalue weighted by Gasteiger charge is -2.28. The van der Waals surface area contributed by atoms with Crippen LogP contribution in [0.3, 0.4) is 0 Å². The third kappa shape index (κ3) is 3.34. The fraction of sp³-hybridized carbons (Fsp3) is 0.562. The molecule has 0 amide bonds. The lowest BCUT2D eigenvalue weighted by Crippen LogP contribution is -2.42. The van der Waals surface area contributed by atoms with E-state index in [1.54, 1.807) is 0 Å². The van der Waals surface area contributed by atoms with Gasteiger partial charge in [-0.15, -0.1) is 0 Å². The zero-order valence-corrected chi connectivity index (χ0v) is 12.2. The minimum absolute atomic E-state index is 0.0637. The van der Waals surface area contributed by atoms with Gasteiger partial charge in [-0.2, -0.15) is 5.26 Å². The SMILES string of the molecule is CC1(C)CC(NCc2ccc(C#N)cc2)C(C)(C)O1. The monoisotopic (exact) mass is 258 g/mol. The van der Waals surface area contributed by atoms with Gasteiger partial charge in [0.05, 0.1) is 22.8 Å². The molecule has 3 heteroatoms. The van der Waals surface area contributed by atoms with Crippen LogP contribution in [-0.2, 0) is 11.3 Å². The van der Waals surface area contributed by atoms with Crippen molar-refractivity contribution in [3.63, 3.8) is 0 Å². The van der Waals surface area contributed by atoms with Crippen molar-refractivity contribution >= 4 is 0 Å². The van der Waals surface area contributed by atoms with Gasteiger partial charge in [0.2, 0.25) is 0 Å². The second-order valence-corrected chi connectivity index (χ2v) is 6.41. The van der Waals surface area contributed by atoms with Crippen LogP contribution in [0.1, 0.15) is 45.2 Å². The zero-order chi connectivity index (χ0) is 14.1. The van der Waals surface area contributed by atoms with Crippen molar-refractivity contribution in [2.75, 3.05) is 0 Å². The molecule has 1 heterocycles. The van der Waals surface area contributed by atoms with Crippen molar-refractivity contribution in [3.8, 4) is 6.07 Å². The maximum atomic E-state index is 8.78. The number of ether oxygens (including phenoxy) is 1. The molecular weight excluding hydrogens is 236 g/mol. The van der Waals surface area contributed by atoms with E-state index in [9.17, 15) is 0 Å². The number of nitrogens with zero attached hydrogens (tertiary/aromatic N) is 1. The summed E-state index contributed by atoms with van der Waals surface area (Å²) in [4.78, 5) is 0. The van der Waals surface area contributed by atoms with Gasteiger partial charge < -0.3 is 10.1 Å². The summed E-state index contributed by atoms with van der Waals surface area (Å²) in [7, 11) is 0. The molecule has 1 aliphatic heterocycles. The first-order valence-corrected chi connectivity index (χ1v) is 6.75. The van der Waals surface area contributed by atoms with Gasteiger partial charge in [0, 0.05) is 12.6 Å². The van der Waals surface area contributed by atoms with Crippen molar-refractivity contribution in [2.24, 2.45) is 0 Å². The van der Waals surface area contributed by atoms with Crippen LogP contribution in [0.4, 0.5) is 0 Å². The highest BCUT2D eigenvalue weighted by atomic mass is 16.5. The molecule has 0 radical (unpaired) electrons. The van der Waals surface area contributed by atoms with Crippen LogP contribution in [0.2, 0.25) is 0 Å². The van der Waals surface area contributed by atoms with Gasteiger partial charge in [0.15, 0.2) is 0 Å². The Morgan fingerprint density at radius 1 is 1.26 bits per heavy atom. The number of rotatable bonds is 3. The van der Waals surface area contributed by atoms with Gasteiger partial charge in [0.25, 0.3) is 0 Å². The van der Waals surface area contributed by atoms with Crippen molar-refractivity contribution in [3.05, 3.63) is 35.4 Å². The summed E-state index contributed by atoms with van der Waals surface area (Å²) in [5.41, 5.74) is 1.69. The van der Waals surface area contributed by atoms with Gasteiger partial charge in [-0.1, -0.05) is 12.1 Å². The van der Waals surface area contributed by atoms with Crippen molar-refractivity contribution in [1.29, 1.82) is 5.26 Å². The van der Waals surface area contributed by atoms with Crippen LogP contribution < -0.4 is 5.32 Å². The summed E-state index contributed by atoms with van der Waals surface area (Å²) < 4.78 is 6.07. The van der Waals surface area contributed by atoms with E-state index in [0.717, 1.165) is 13.0 Å². The second-order valence-electron chi connectivity index (χ2n) is 6.41. The van der Waals surface area contributed by atoms with E-state index in [4.69, 9.17) is 10.00 Å². The third-order valence-corrected chi connectivity index (χ3v) is 3.71. The van der Waals surface area contributed by atoms with E-state index in [2.05, 4.69) is 39.1 Å². The van der Waals surface area contributed by atoms with E-state index in [-0.39, 0.29) is 11.2 Å². The van der Waals surface area contributed by atoms with Crippen LogP contribution in [0.5, 0.6) is 0 Å². The second kappa shape index (κ2) is 4.96. The number of hydrogen-bond acceptors (Lipinski definition) is 3. The topological polar surface area (TPSA) is 45.0 Å². The van der Waals surface area contributed by atoms with Crippen molar-refractivity contribution in [2.45, 2.75) is 57.9 Å². The summed E-state index contributed by atoms with van der Waals surface area (Å²) in [5.74, 6) is 0. The molecule has 1 saturated heterocycles. The van der Waals surface area contributed by atoms with Gasteiger partial charge in [-0.25, -0.2) is 0 Å². The van der Waals surface area contributed by atoms with Gasteiger partial charge in [0.1, 0.15) is 0 Å². The third-order valence-electron chi connectivity index (χ3n) is 3.71. The quantitative estimate of drug-likeness (QED) is 0.906. The number of hydrogen-bond donors (Lipinski definition) is 1. The van der Waals surface area contributed by atoms with Crippen LogP contribution in [0, 0.1) is 11.3 Å². The van der Waals surface area contributed by atoms with Gasteiger partial charge in [-0.05, 0) is 51.8 Å². The smallest absolute Gasteiger partial charge is 0.0991 e. The molecule has 3 nitrogen and oxygen atoms in total. The Morgan fingerprint density at radius 3 is 2.37 bits per heavy atom. The molecule has 1 unspecified atom stereocenters. The summed E-state index contributed by atoms with van der Waals surface area (Å²) >= 11 is 0. The maximum absolute atomic E-state index is 8.78.